The van der Waals surface area contributed by atoms with Crippen molar-refractivity contribution in [2.45, 2.75) is 37.8 Å². The smallest absolute Gasteiger partial charge is 0.134 e. The Morgan fingerprint density at radius 3 is 2.65 bits per heavy atom. The van der Waals surface area contributed by atoms with Crippen molar-refractivity contribution in [2.75, 3.05) is 24.3 Å². The van der Waals surface area contributed by atoms with E-state index in [1.54, 1.807) is 6.33 Å². The fourth-order valence-electron chi connectivity index (χ4n) is 2.35. The Hall–Kier alpha value is -1.36. The van der Waals surface area contributed by atoms with Gasteiger partial charge in [0, 0.05) is 32.2 Å². The predicted octanol–water partition coefficient (Wildman–Crippen LogP) is 1.22. The van der Waals surface area contributed by atoms with E-state index >= 15 is 0 Å². The summed E-state index contributed by atoms with van der Waals surface area (Å²) < 4.78 is 0. The van der Waals surface area contributed by atoms with Crippen LogP contribution in [0.1, 0.15) is 25.7 Å². The van der Waals surface area contributed by atoms with E-state index in [4.69, 9.17) is 5.73 Å². The van der Waals surface area contributed by atoms with E-state index in [9.17, 15) is 0 Å². The molecule has 0 amide bonds. The zero-order valence-electron chi connectivity index (χ0n) is 10.6. The van der Waals surface area contributed by atoms with Crippen molar-refractivity contribution in [3.05, 3.63) is 12.4 Å². The van der Waals surface area contributed by atoms with Crippen LogP contribution < -0.4 is 16.0 Å². The minimum absolute atomic E-state index is 0.387. The largest absolute Gasteiger partial charge is 0.373 e. The van der Waals surface area contributed by atoms with E-state index in [1.165, 1.54) is 0 Å². The number of hydrogen-bond donors (Lipinski definition) is 2. The molecule has 0 unspecified atom stereocenters. The second-order valence-corrected chi connectivity index (χ2v) is 4.69. The summed E-state index contributed by atoms with van der Waals surface area (Å²) >= 11 is 0. The topological polar surface area (TPSA) is 67.1 Å². The van der Waals surface area contributed by atoms with E-state index in [0.29, 0.717) is 12.1 Å². The average molecular weight is 235 g/mol. The Morgan fingerprint density at radius 2 is 2.00 bits per heavy atom. The minimum atomic E-state index is 0.387. The molecule has 1 aromatic rings. The summed E-state index contributed by atoms with van der Waals surface area (Å²) in [5.74, 6) is 1.83. The molecule has 17 heavy (non-hydrogen) atoms. The molecule has 94 valence electrons. The summed E-state index contributed by atoms with van der Waals surface area (Å²) in [5.41, 5.74) is 5.93. The highest BCUT2D eigenvalue weighted by molar-refractivity contribution is 5.48. The van der Waals surface area contributed by atoms with Gasteiger partial charge in [0.15, 0.2) is 0 Å². The van der Waals surface area contributed by atoms with Crippen LogP contribution >= 0.6 is 0 Å². The number of rotatable bonds is 3. The van der Waals surface area contributed by atoms with Crippen molar-refractivity contribution in [1.29, 1.82) is 0 Å². The maximum Gasteiger partial charge on any atom is 0.134 e. The number of nitrogens with zero attached hydrogens (tertiary/aromatic N) is 3. The zero-order chi connectivity index (χ0) is 12.3. The lowest BCUT2D eigenvalue weighted by Crippen LogP contribution is -2.39. The molecule has 1 aliphatic carbocycles. The number of nitrogens with one attached hydrogen (secondary N) is 1. The van der Waals surface area contributed by atoms with Crippen molar-refractivity contribution in [3.8, 4) is 0 Å². The monoisotopic (exact) mass is 235 g/mol. The van der Waals surface area contributed by atoms with Gasteiger partial charge in [0.1, 0.15) is 18.0 Å². The fourth-order valence-corrected chi connectivity index (χ4v) is 2.35. The molecular weight excluding hydrogens is 214 g/mol. The third-order valence-corrected chi connectivity index (χ3v) is 3.56. The first-order valence-corrected chi connectivity index (χ1v) is 6.19. The van der Waals surface area contributed by atoms with Crippen LogP contribution in [0.2, 0.25) is 0 Å². The SMILES string of the molecule is CNc1cc(N(C)C2CCC(N)CC2)ncn1. The molecule has 5 nitrogen and oxygen atoms in total. The molecule has 1 saturated carbocycles. The van der Waals surface area contributed by atoms with Crippen LogP contribution in [0.5, 0.6) is 0 Å². The highest BCUT2D eigenvalue weighted by Gasteiger charge is 2.22. The van der Waals surface area contributed by atoms with E-state index < -0.39 is 0 Å². The third-order valence-electron chi connectivity index (χ3n) is 3.56. The quantitative estimate of drug-likeness (QED) is 0.824. The van der Waals surface area contributed by atoms with Crippen LogP contribution in [0.3, 0.4) is 0 Å². The van der Waals surface area contributed by atoms with Crippen LogP contribution in [-0.4, -0.2) is 36.1 Å². The summed E-state index contributed by atoms with van der Waals surface area (Å²) in [5, 5.41) is 3.03. The van der Waals surface area contributed by atoms with Gasteiger partial charge >= 0.3 is 0 Å². The molecule has 0 aliphatic heterocycles. The van der Waals surface area contributed by atoms with Crippen LogP contribution in [0.15, 0.2) is 12.4 Å². The van der Waals surface area contributed by atoms with Crippen molar-refractivity contribution in [1.82, 2.24) is 9.97 Å². The summed E-state index contributed by atoms with van der Waals surface area (Å²) in [6.07, 6.45) is 6.12. The van der Waals surface area contributed by atoms with Crippen LogP contribution in [-0.2, 0) is 0 Å². The molecule has 2 rings (SSSR count). The maximum atomic E-state index is 5.93. The Bertz CT molecular complexity index is 360. The van der Waals surface area contributed by atoms with Gasteiger partial charge in [-0.05, 0) is 25.7 Å². The third kappa shape index (κ3) is 2.85. The number of aromatic nitrogens is 2. The van der Waals surface area contributed by atoms with E-state index in [0.717, 1.165) is 37.3 Å². The molecular formula is C12H21N5. The maximum absolute atomic E-state index is 5.93. The first-order chi connectivity index (χ1) is 8.20. The van der Waals surface area contributed by atoms with Gasteiger partial charge in [-0.1, -0.05) is 0 Å². The van der Waals surface area contributed by atoms with Gasteiger partial charge in [0.25, 0.3) is 0 Å². The molecule has 0 spiro atoms. The van der Waals surface area contributed by atoms with Gasteiger partial charge in [-0.3, -0.25) is 0 Å². The van der Waals surface area contributed by atoms with Crippen molar-refractivity contribution < 1.29 is 0 Å². The number of hydrogen-bond acceptors (Lipinski definition) is 5. The Morgan fingerprint density at radius 1 is 1.29 bits per heavy atom. The zero-order valence-corrected chi connectivity index (χ0v) is 10.6. The fraction of sp³-hybridized carbons (Fsp3) is 0.667. The van der Waals surface area contributed by atoms with E-state index in [-0.39, 0.29) is 0 Å². The summed E-state index contributed by atoms with van der Waals surface area (Å²) in [7, 11) is 3.97. The normalized spacial score (nSPS) is 24.4. The van der Waals surface area contributed by atoms with Crippen LogP contribution in [0.25, 0.3) is 0 Å². The second-order valence-electron chi connectivity index (χ2n) is 4.69. The summed E-state index contributed by atoms with van der Waals surface area (Å²) in [6, 6.07) is 2.92. The first-order valence-electron chi connectivity index (χ1n) is 6.19. The summed E-state index contributed by atoms with van der Waals surface area (Å²) in [6.45, 7) is 0. The van der Waals surface area contributed by atoms with Gasteiger partial charge in [-0.25, -0.2) is 9.97 Å². The second kappa shape index (κ2) is 5.31. The number of nitrogens with two attached hydrogens (primary N) is 1. The van der Waals surface area contributed by atoms with Crippen molar-refractivity contribution in [2.24, 2.45) is 5.73 Å². The molecule has 0 radical (unpaired) electrons. The Labute approximate surface area is 102 Å². The summed E-state index contributed by atoms with van der Waals surface area (Å²) in [4.78, 5) is 10.7. The lowest BCUT2D eigenvalue weighted by atomic mass is 9.91. The predicted molar refractivity (Wildman–Crippen MR) is 70.2 cm³/mol. The molecule has 5 heteroatoms. The molecule has 3 N–H and O–H groups in total. The van der Waals surface area contributed by atoms with Crippen LogP contribution in [0, 0.1) is 0 Å². The van der Waals surface area contributed by atoms with Gasteiger partial charge in [-0.2, -0.15) is 0 Å². The molecule has 1 fully saturated rings. The molecule has 0 bridgehead atoms. The van der Waals surface area contributed by atoms with Gasteiger partial charge in [-0.15, -0.1) is 0 Å². The van der Waals surface area contributed by atoms with Crippen molar-refractivity contribution >= 4 is 11.6 Å². The Balaban J connectivity index is 2.05. The molecule has 1 aromatic heterocycles. The lowest BCUT2D eigenvalue weighted by Gasteiger charge is -2.34. The van der Waals surface area contributed by atoms with Gasteiger partial charge in [0.05, 0.1) is 0 Å². The van der Waals surface area contributed by atoms with Gasteiger partial charge in [0.2, 0.25) is 0 Å². The van der Waals surface area contributed by atoms with E-state index in [2.05, 4.69) is 27.2 Å². The average Bonchev–Trinajstić information content (AvgIpc) is 2.39. The molecule has 0 atom stereocenters. The lowest BCUT2D eigenvalue weighted by molar-refractivity contribution is 0.384. The standard InChI is InChI=1S/C12H21N5/c1-14-11-7-12(16-8-15-11)17(2)10-5-3-9(13)4-6-10/h7-10H,3-6,13H2,1-2H3,(H,14,15,16). The molecule has 1 aliphatic rings. The molecule has 0 saturated heterocycles. The minimum Gasteiger partial charge on any atom is -0.373 e. The van der Waals surface area contributed by atoms with Crippen LogP contribution in [0.4, 0.5) is 11.6 Å². The number of anilines is 2. The first kappa shape index (κ1) is 12.1. The van der Waals surface area contributed by atoms with E-state index in [1.807, 2.05) is 13.1 Å². The van der Waals surface area contributed by atoms with Gasteiger partial charge < -0.3 is 16.0 Å². The highest BCUT2D eigenvalue weighted by Crippen LogP contribution is 2.25. The van der Waals surface area contributed by atoms with Crippen molar-refractivity contribution in [3.63, 3.8) is 0 Å². The molecule has 1 heterocycles. The molecule has 0 aromatic carbocycles. The Kier molecular flexibility index (Phi) is 3.78. The highest BCUT2D eigenvalue weighted by atomic mass is 15.2.